The van der Waals surface area contributed by atoms with Crippen LogP contribution in [0.4, 0.5) is 0 Å². The number of nitrogens with one attached hydrogen (secondary N) is 1. The van der Waals surface area contributed by atoms with E-state index in [1.165, 1.54) is 14.2 Å². The molecule has 0 aromatic heterocycles. The van der Waals surface area contributed by atoms with Crippen molar-refractivity contribution in [1.29, 1.82) is 0 Å². The Bertz CT molecular complexity index is 409. The van der Waals surface area contributed by atoms with E-state index >= 15 is 0 Å². The number of amides is 1. The lowest BCUT2D eigenvalue weighted by molar-refractivity contribution is 0.0944. The number of halogens is 1. The van der Waals surface area contributed by atoms with Crippen LogP contribution in [0.5, 0.6) is 11.5 Å². The van der Waals surface area contributed by atoms with E-state index in [-0.39, 0.29) is 19.1 Å². The van der Waals surface area contributed by atoms with Gasteiger partial charge in [0.25, 0.3) is 5.91 Å². The van der Waals surface area contributed by atoms with Crippen molar-refractivity contribution in [3.05, 3.63) is 22.2 Å². The Labute approximate surface area is 108 Å². The van der Waals surface area contributed by atoms with Crippen LogP contribution in [0.25, 0.3) is 0 Å². The zero-order valence-electron chi connectivity index (χ0n) is 9.62. The first-order valence-corrected chi connectivity index (χ1v) is 5.74. The molecule has 94 valence electrons. The minimum absolute atomic E-state index is 0.0970. The molecule has 17 heavy (non-hydrogen) atoms. The lowest BCUT2D eigenvalue weighted by Gasteiger charge is -2.11. The van der Waals surface area contributed by atoms with E-state index in [4.69, 9.17) is 14.6 Å². The van der Waals surface area contributed by atoms with Crippen molar-refractivity contribution in [1.82, 2.24) is 5.32 Å². The summed E-state index contributed by atoms with van der Waals surface area (Å²) >= 11 is 3.30. The van der Waals surface area contributed by atoms with Gasteiger partial charge in [-0.05, 0) is 28.1 Å². The third-order valence-corrected chi connectivity index (χ3v) is 2.68. The molecule has 1 aromatic rings. The van der Waals surface area contributed by atoms with Crippen LogP contribution in [-0.4, -0.2) is 38.4 Å². The quantitative estimate of drug-likeness (QED) is 0.857. The highest BCUT2D eigenvalue weighted by molar-refractivity contribution is 9.10. The molecule has 0 aliphatic heterocycles. The Balaban J connectivity index is 3.02. The standard InChI is InChI=1S/C11H14BrNO4/c1-16-9-6-7(11(15)13-3-4-14)5-8(12)10(9)17-2/h5-6,14H,3-4H2,1-2H3,(H,13,15). The lowest BCUT2D eigenvalue weighted by atomic mass is 10.2. The second-order valence-corrected chi connectivity index (χ2v) is 4.03. The van der Waals surface area contributed by atoms with E-state index < -0.39 is 0 Å². The topological polar surface area (TPSA) is 67.8 Å². The summed E-state index contributed by atoms with van der Waals surface area (Å²) < 4.78 is 10.9. The first-order valence-electron chi connectivity index (χ1n) is 4.94. The molecule has 0 spiro atoms. The summed E-state index contributed by atoms with van der Waals surface area (Å²) in [7, 11) is 3.02. The minimum Gasteiger partial charge on any atom is -0.493 e. The zero-order chi connectivity index (χ0) is 12.8. The highest BCUT2D eigenvalue weighted by Gasteiger charge is 2.14. The molecule has 2 N–H and O–H groups in total. The minimum atomic E-state index is -0.277. The van der Waals surface area contributed by atoms with E-state index in [0.29, 0.717) is 21.5 Å². The van der Waals surface area contributed by atoms with Crippen molar-refractivity contribution >= 4 is 21.8 Å². The number of rotatable bonds is 5. The number of carbonyl (C=O) groups excluding carboxylic acids is 1. The fourth-order valence-corrected chi connectivity index (χ4v) is 1.92. The molecule has 0 bridgehead atoms. The maximum Gasteiger partial charge on any atom is 0.251 e. The van der Waals surface area contributed by atoms with Gasteiger partial charge in [-0.15, -0.1) is 0 Å². The van der Waals surface area contributed by atoms with E-state index in [2.05, 4.69) is 21.2 Å². The van der Waals surface area contributed by atoms with Gasteiger partial charge in [-0.25, -0.2) is 0 Å². The summed E-state index contributed by atoms with van der Waals surface area (Å²) in [5, 5.41) is 11.2. The molecule has 0 aliphatic carbocycles. The highest BCUT2D eigenvalue weighted by Crippen LogP contribution is 2.36. The molecule has 5 nitrogen and oxygen atoms in total. The molecule has 0 aliphatic rings. The van der Waals surface area contributed by atoms with Gasteiger partial charge in [0.05, 0.1) is 25.3 Å². The Morgan fingerprint density at radius 1 is 1.41 bits per heavy atom. The Kier molecular flexibility index (Phi) is 5.24. The van der Waals surface area contributed by atoms with Gasteiger partial charge in [-0.1, -0.05) is 0 Å². The summed E-state index contributed by atoms with van der Waals surface area (Å²) in [5.41, 5.74) is 0.433. The molecular weight excluding hydrogens is 290 g/mol. The van der Waals surface area contributed by atoms with Gasteiger partial charge in [-0.3, -0.25) is 4.79 Å². The average Bonchev–Trinajstić information content (AvgIpc) is 2.34. The fraction of sp³-hybridized carbons (Fsp3) is 0.364. The van der Waals surface area contributed by atoms with Crippen molar-refractivity contribution < 1.29 is 19.4 Å². The normalized spacial score (nSPS) is 9.88. The first-order chi connectivity index (χ1) is 8.13. The molecule has 1 aromatic carbocycles. The van der Waals surface area contributed by atoms with Crippen molar-refractivity contribution in [2.75, 3.05) is 27.4 Å². The van der Waals surface area contributed by atoms with Gasteiger partial charge in [0, 0.05) is 12.1 Å². The van der Waals surface area contributed by atoms with Crippen LogP contribution in [0.2, 0.25) is 0 Å². The van der Waals surface area contributed by atoms with Gasteiger partial charge in [-0.2, -0.15) is 0 Å². The SMILES string of the molecule is COc1cc(C(=O)NCCO)cc(Br)c1OC. The van der Waals surface area contributed by atoms with E-state index in [9.17, 15) is 4.79 Å². The van der Waals surface area contributed by atoms with Gasteiger partial charge >= 0.3 is 0 Å². The number of aliphatic hydroxyl groups is 1. The highest BCUT2D eigenvalue weighted by atomic mass is 79.9. The maximum absolute atomic E-state index is 11.7. The van der Waals surface area contributed by atoms with Gasteiger partial charge in [0.15, 0.2) is 11.5 Å². The van der Waals surface area contributed by atoms with Crippen LogP contribution in [-0.2, 0) is 0 Å². The summed E-state index contributed by atoms with van der Waals surface area (Å²) in [6.07, 6.45) is 0. The number of hydrogen-bond acceptors (Lipinski definition) is 4. The number of aliphatic hydroxyl groups excluding tert-OH is 1. The summed E-state index contributed by atoms with van der Waals surface area (Å²) in [6, 6.07) is 3.21. The number of benzene rings is 1. The molecule has 0 fully saturated rings. The third kappa shape index (κ3) is 3.34. The van der Waals surface area contributed by atoms with Crippen molar-refractivity contribution in [3.63, 3.8) is 0 Å². The van der Waals surface area contributed by atoms with Crippen LogP contribution in [0.3, 0.4) is 0 Å². The molecule has 0 radical (unpaired) electrons. The predicted molar refractivity (Wildman–Crippen MR) is 66.7 cm³/mol. The van der Waals surface area contributed by atoms with Crippen LogP contribution in [0, 0.1) is 0 Å². The van der Waals surface area contributed by atoms with E-state index in [1.807, 2.05) is 0 Å². The lowest BCUT2D eigenvalue weighted by Crippen LogP contribution is -2.26. The van der Waals surface area contributed by atoms with E-state index in [0.717, 1.165) is 0 Å². The van der Waals surface area contributed by atoms with Gasteiger partial charge in [0.2, 0.25) is 0 Å². The monoisotopic (exact) mass is 303 g/mol. The predicted octanol–water partition coefficient (Wildman–Crippen LogP) is 1.19. The van der Waals surface area contributed by atoms with E-state index in [1.54, 1.807) is 12.1 Å². The van der Waals surface area contributed by atoms with Crippen LogP contribution < -0.4 is 14.8 Å². The molecule has 0 saturated carbocycles. The molecular formula is C11H14BrNO4. The number of ether oxygens (including phenoxy) is 2. The summed E-state index contributed by atoms with van der Waals surface area (Å²) in [5.74, 6) is 0.725. The molecule has 1 amide bonds. The van der Waals surface area contributed by atoms with Crippen LogP contribution >= 0.6 is 15.9 Å². The second-order valence-electron chi connectivity index (χ2n) is 3.17. The van der Waals surface area contributed by atoms with Crippen LogP contribution in [0.1, 0.15) is 10.4 Å². The average molecular weight is 304 g/mol. The Hall–Kier alpha value is -1.27. The molecule has 0 saturated heterocycles. The van der Waals surface area contributed by atoms with Crippen molar-refractivity contribution in [2.45, 2.75) is 0 Å². The largest absolute Gasteiger partial charge is 0.493 e. The fourth-order valence-electron chi connectivity index (χ4n) is 1.32. The number of carbonyl (C=O) groups is 1. The Morgan fingerprint density at radius 2 is 2.12 bits per heavy atom. The van der Waals surface area contributed by atoms with Gasteiger partial charge in [0.1, 0.15) is 0 Å². The van der Waals surface area contributed by atoms with Gasteiger partial charge < -0.3 is 19.9 Å². The Morgan fingerprint density at radius 3 is 2.65 bits per heavy atom. The molecule has 1 rings (SSSR count). The maximum atomic E-state index is 11.7. The zero-order valence-corrected chi connectivity index (χ0v) is 11.2. The molecule has 6 heteroatoms. The smallest absolute Gasteiger partial charge is 0.251 e. The number of hydrogen-bond donors (Lipinski definition) is 2. The molecule has 0 heterocycles. The van der Waals surface area contributed by atoms with Crippen molar-refractivity contribution in [3.8, 4) is 11.5 Å². The summed E-state index contributed by atoms with van der Waals surface area (Å²) in [6.45, 7) is 0.116. The second kappa shape index (κ2) is 6.46. The molecule has 0 unspecified atom stereocenters. The number of methoxy groups -OCH3 is 2. The third-order valence-electron chi connectivity index (χ3n) is 2.09. The summed E-state index contributed by atoms with van der Waals surface area (Å²) in [4.78, 5) is 11.7. The molecule has 0 atom stereocenters. The van der Waals surface area contributed by atoms with Crippen molar-refractivity contribution in [2.24, 2.45) is 0 Å². The first kappa shape index (κ1) is 13.8. The van der Waals surface area contributed by atoms with Crippen LogP contribution in [0.15, 0.2) is 16.6 Å².